The molecule has 0 aromatic carbocycles. The van der Waals surface area contributed by atoms with Crippen LogP contribution in [0.2, 0.25) is 0 Å². The van der Waals surface area contributed by atoms with Crippen LogP contribution in [0.4, 0.5) is 4.79 Å². The number of nitrogens with zero attached hydrogens (tertiary/aromatic N) is 2. The number of hydrogen-bond acceptors (Lipinski definition) is 4. The highest BCUT2D eigenvalue weighted by atomic mass is 32.2. The van der Waals surface area contributed by atoms with Crippen molar-refractivity contribution in [3.63, 3.8) is 0 Å². The van der Waals surface area contributed by atoms with Crippen molar-refractivity contribution in [1.82, 2.24) is 9.80 Å². The van der Waals surface area contributed by atoms with E-state index in [9.17, 15) is 14.7 Å². The fourth-order valence-electron chi connectivity index (χ4n) is 2.82. The maximum Gasteiger partial charge on any atom is 0.327 e. The van der Waals surface area contributed by atoms with Crippen LogP contribution in [0.5, 0.6) is 0 Å². The summed E-state index contributed by atoms with van der Waals surface area (Å²) < 4.78 is 5.13. The fourth-order valence-corrected chi connectivity index (χ4v) is 4.44. The molecule has 1 aliphatic carbocycles. The molecule has 3 unspecified atom stereocenters. The predicted octanol–water partition coefficient (Wildman–Crippen LogP) is 1.70. The molecule has 0 aromatic rings. The lowest BCUT2D eigenvalue weighted by Gasteiger charge is -2.36. The van der Waals surface area contributed by atoms with E-state index in [4.69, 9.17) is 4.74 Å². The number of carbonyl (C=O) groups is 2. The first-order valence-electron chi connectivity index (χ1n) is 7.43. The molecule has 1 aliphatic heterocycles. The van der Waals surface area contributed by atoms with Crippen LogP contribution in [0.25, 0.3) is 0 Å². The highest BCUT2D eigenvalue weighted by molar-refractivity contribution is 8.00. The number of methoxy groups -OCH3 is 1. The van der Waals surface area contributed by atoms with Gasteiger partial charge in [0.2, 0.25) is 0 Å². The Bertz CT molecular complexity index is 402. The minimum Gasteiger partial charge on any atom is -0.480 e. The summed E-state index contributed by atoms with van der Waals surface area (Å²) >= 11 is 1.61. The highest BCUT2D eigenvalue weighted by Crippen LogP contribution is 2.45. The van der Waals surface area contributed by atoms with E-state index in [1.807, 2.05) is 13.8 Å². The molecule has 21 heavy (non-hydrogen) atoms. The average Bonchev–Trinajstić information content (AvgIpc) is 3.17. The molecule has 6 nitrogen and oxygen atoms in total. The van der Waals surface area contributed by atoms with Crippen LogP contribution in [0.1, 0.15) is 26.7 Å². The molecule has 0 aromatic heterocycles. The van der Waals surface area contributed by atoms with Crippen LogP contribution in [0.3, 0.4) is 0 Å². The third-order valence-corrected chi connectivity index (χ3v) is 5.55. The summed E-state index contributed by atoms with van der Waals surface area (Å²) in [7, 11) is 1.60. The maximum absolute atomic E-state index is 12.9. The van der Waals surface area contributed by atoms with Gasteiger partial charge in [-0.25, -0.2) is 9.59 Å². The zero-order valence-electron chi connectivity index (χ0n) is 12.8. The SMILES string of the molecule is CCN(C(=O)N1C(C(=O)O)CSC1C1CC1)C(C)COC. The van der Waals surface area contributed by atoms with Crippen molar-refractivity contribution in [1.29, 1.82) is 0 Å². The summed E-state index contributed by atoms with van der Waals surface area (Å²) in [4.78, 5) is 27.6. The maximum atomic E-state index is 12.9. The first kappa shape index (κ1) is 16.4. The zero-order chi connectivity index (χ0) is 15.6. The number of aliphatic carboxylic acids is 1. The van der Waals surface area contributed by atoms with Crippen molar-refractivity contribution in [2.24, 2.45) is 5.92 Å². The summed E-state index contributed by atoms with van der Waals surface area (Å²) in [6.07, 6.45) is 2.18. The molecule has 7 heteroatoms. The van der Waals surface area contributed by atoms with Crippen LogP contribution >= 0.6 is 11.8 Å². The minimum absolute atomic E-state index is 0.0161. The van der Waals surface area contributed by atoms with Crippen molar-refractivity contribution >= 4 is 23.8 Å². The Morgan fingerprint density at radius 2 is 2.14 bits per heavy atom. The molecular formula is C14H24N2O4S. The molecule has 0 spiro atoms. The summed E-state index contributed by atoms with van der Waals surface area (Å²) in [6, 6.07) is -0.944. The number of carboxylic acid groups (broad SMARTS) is 1. The Hall–Kier alpha value is -0.950. The lowest BCUT2D eigenvalue weighted by atomic mass is 10.2. The molecule has 0 bridgehead atoms. The van der Waals surface area contributed by atoms with E-state index in [0.29, 0.717) is 24.8 Å². The smallest absolute Gasteiger partial charge is 0.327 e. The summed E-state index contributed by atoms with van der Waals surface area (Å²) in [5.74, 6) is 0.0347. The van der Waals surface area contributed by atoms with E-state index >= 15 is 0 Å². The van der Waals surface area contributed by atoms with E-state index in [2.05, 4.69) is 0 Å². The van der Waals surface area contributed by atoms with Gasteiger partial charge in [0.25, 0.3) is 0 Å². The van der Waals surface area contributed by atoms with E-state index in [1.54, 1.807) is 28.7 Å². The number of rotatable bonds is 6. The monoisotopic (exact) mass is 316 g/mol. The van der Waals surface area contributed by atoms with Gasteiger partial charge in [-0.1, -0.05) is 0 Å². The third-order valence-electron chi connectivity index (χ3n) is 4.09. The fraction of sp³-hybridized carbons (Fsp3) is 0.857. The molecule has 1 saturated carbocycles. The van der Waals surface area contributed by atoms with Crippen LogP contribution in [0, 0.1) is 5.92 Å². The molecule has 0 radical (unpaired) electrons. The summed E-state index contributed by atoms with van der Waals surface area (Å²) in [5.41, 5.74) is 0. The van der Waals surface area contributed by atoms with E-state index < -0.39 is 12.0 Å². The van der Waals surface area contributed by atoms with Gasteiger partial charge < -0.3 is 14.7 Å². The first-order chi connectivity index (χ1) is 10.0. The second-order valence-corrected chi connectivity index (χ2v) is 6.85. The summed E-state index contributed by atoms with van der Waals surface area (Å²) in [5, 5.41) is 9.41. The summed E-state index contributed by atoms with van der Waals surface area (Å²) in [6.45, 7) is 4.84. The van der Waals surface area contributed by atoms with Crippen LogP contribution in [-0.4, -0.2) is 70.4 Å². The second-order valence-electron chi connectivity index (χ2n) is 5.70. The van der Waals surface area contributed by atoms with E-state index in [0.717, 1.165) is 12.8 Å². The Morgan fingerprint density at radius 1 is 1.48 bits per heavy atom. The Labute approximate surface area is 129 Å². The van der Waals surface area contributed by atoms with Crippen molar-refractivity contribution in [2.75, 3.05) is 26.0 Å². The van der Waals surface area contributed by atoms with Crippen LogP contribution in [0.15, 0.2) is 0 Å². The minimum atomic E-state index is -0.908. The van der Waals surface area contributed by atoms with Crippen molar-refractivity contribution in [2.45, 2.75) is 44.1 Å². The van der Waals surface area contributed by atoms with Gasteiger partial charge in [0.15, 0.2) is 0 Å². The molecule has 1 N–H and O–H groups in total. The van der Waals surface area contributed by atoms with Crippen LogP contribution < -0.4 is 0 Å². The number of carbonyl (C=O) groups excluding carboxylic acids is 1. The molecule has 2 rings (SSSR count). The van der Waals surface area contributed by atoms with Crippen molar-refractivity contribution < 1.29 is 19.4 Å². The van der Waals surface area contributed by atoms with Gasteiger partial charge in [-0.05, 0) is 32.6 Å². The van der Waals surface area contributed by atoms with E-state index in [-0.39, 0.29) is 17.4 Å². The standard InChI is InChI=1S/C14H24N2O4S/c1-4-15(9(2)7-20-3)14(19)16-11(13(17)18)8-21-12(16)10-5-6-10/h9-12H,4-8H2,1-3H3,(H,17,18). The van der Waals surface area contributed by atoms with Gasteiger partial charge in [0.05, 0.1) is 18.0 Å². The first-order valence-corrected chi connectivity index (χ1v) is 8.48. The van der Waals surface area contributed by atoms with Gasteiger partial charge in [0.1, 0.15) is 6.04 Å². The Balaban J connectivity index is 2.16. The molecular weight excluding hydrogens is 292 g/mol. The van der Waals surface area contributed by atoms with Gasteiger partial charge in [-0.15, -0.1) is 11.8 Å². The number of amides is 2. The normalized spacial score (nSPS) is 26.7. The quantitative estimate of drug-likeness (QED) is 0.807. The zero-order valence-corrected chi connectivity index (χ0v) is 13.6. The number of carboxylic acids is 1. The molecule has 2 fully saturated rings. The van der Waals surface area contributed by atoms with Crippen molar-refractivity contribution in [3.05, 3.63) is 0 Å². The molecule has 1 heterocycles. The Morgan fingerprint density at radius 3 is 2.62 bits per heavy atom. The third kappa shape index (κ3) is 3.45. The predicted molar refractivity (Wildman–Crippen MR) is 81.3 cm³/mol. The van der Waals surface area contributed by atoms with Crippen LogP contribution in [-0.2, 0) is 9.53 Å². The molecule has 2 amide bonds. The number of likely N-dealkylation sites (N-methyl/N-ethyl adjacent to an activating group) is 1. The largest absolute Gasteiger partial charge is 0.480 e. The molecule has 2 aliphatic rings. The average molecular weight is 316 g/mol. The molecule has 120 valence electrons. The molecule has 1 saturated heterocycles. The topological polar surface area (TPSA) is 70.1 Å². The number of urea groups is 1. The number of thioether (sulfide) groups is 1. The molecule has 3 atom stereocenters. The lowest BCUT2D eigenvalue weighted by Crippen LogP contribution is -2.54. The Kier molecular flexibility index (Phi) is 5.37. The van der Waals surface area contributed by atoms with Gasteiger partial charge in [-0.3, -0.25) is 4.90 Å². The van der Waals surface area contributed by atoms with Gasteiger partial charge in [0, 0.05) is 19.4 Å². The highest BCUT2D eigenvalue weighted by Gasteiger charge is 2.49. The van der Waals surface area contributed by atoms with Crippen molar-refractivity contribution in [3.8, 4) is 0 Å². The number of ether oxygens (including phenoxy) is 1. The van der Waals surface area contributed by atoms with Gasteiger partial charge in [-0.2, -0.15) is 0 Å². The number of hydrogen-bond donors (Lipinski definition) is 1. The van der Waals surface area contributed by atoms with Gasteiger partial charge >= 0.3 is 12.0 Å². The lowest BCUT2D eigenvalue weighted by molar-refractivity contribution is -0.141. The van der Waals surface area contributed by atoms with E-state index in [1.165, 1.54) is 0 Å². The second kappa shape index (κ2) is 6.87.